The zero-order valence-corrected chi connectivity index (χ0v) is 13.6. The predicted octanol–water partition coefficient (Wildman–Crippen LogP) is 2.05. The Balaban J connectivity index is 1.54. The quantitative estimate of drug-likeness (QED) is 0.903. The van der Waals surface area contributed by atoms with Gasteiger partial charge >= 0.3 is 0 Å². The van der Waals surface area contributed by atoms with Gasteiger partial charge in [-0.05, 0) is 30.7 Å². The first-order chi connectivity index (χ1) is 10.5. The van der Waals surface area contributed by atoms with E-state index in [1.54, 1.807) is 0 Å². The van der Waals surface area contributed by atoms with Crippen molar-refractivity contribution >= 4 is 15.7 Å². The van der Waals surface area contributed by atoms with E-state index in [-0.39, 0.29) is 28.7 Å². The molecule has 0 radical (unpaired) electrons. The first-order valence-electron chi connectivity index (χ1n) is 8.02. The third-order valence-corrected chi connectivity index (χ3v) is 6.96. The Labute approximate surface area is 132 Å². The molecule has 1 amide bonds. The predicted molar refractivity (Wildman–Crippen MR) is 86.4 cm³/mol. The Morgan fingerprint density at radius 1 is 1.23 bits per heavy atom. The highest BCUT2D eigenvalue weighted by Crippen LogP contribution is 2.43. The first-order valence-corrected chi connectivity index (χ1v) is 9.84. The van der Waals surface area contributed by atoms with Crippen LogP contribution in [0.15, 0.2) is 30.3 Å². The van der Waals surface area contributed by atoms with Crippen LogP contribution >= 0.6 is 0 Å². The first kappa shape index (κ1) is 15.5. The van der Waals surface area contributed by atoms with E-state index in [4.69, 9.17) is 0 Å². The van der Waals surface area contributed by atoms with Crippen molar-refractivity contribution in [3.63, 3.8) is 0 Å². The number of hydrogen-bond acceptors (Lipinski definition) is 3. The fraction of sp³-hybridized carbons (Fsp3) is 0.588. The Bertz CT molecular complexity index is 635. The van der Waals surface area contributed by atoms with E-state index in [0.29, 0.717) is 19.4 Å². The summed E-state index contributed by atoms with van der Waals surface area (Å²) in [5.74, 6) is 0.395. The molecular formula is C17H23NO3S. The van der Waals surface area contributed by atoms with Gasteiger partial charge in [-0.3, -0.25) is 4.79 Å². The van der Waals surface area contributed by atoms with Gasteiger partial charge in [-0.1, -0.05) is 36.8 Å². The van der Waals surface area contributed by atoms with Gasteiger partial charge in [-0.25, -0.2) is 8.42 Å². The Kier molecular flexibility index (Phi) is 4.26. The minimum atomic E-state index is -2.90. The van der Waals surface area contributed by atoms with Crippen molar-refractivity contribution in [1.82, 2.24) is 5.32 Å². The van der Waals surface area contributed by atoms with Crippen molar-refractivity contribution in [3.05, 3.63) is 35.9 Å². The van der Waals surface area contributed by atoms with E-state index in [1.807, 2.05) is 18.2 Å². The molecule has 0 aromatic heterocycles. The molecule has 1 saturated carbocycles. The van der Waals surface area contributed by atoms with Crippen molar-refractivity contribution < 1.29 is 13.2 Å². The van der Waals surface area contributed by atoms with Gasteiger partial charge in [0, 0.05) is 18.4 Å². The number of hydrogen-bond donors (Lipinski definition) is 1. The molecule has 0 spiro atoms. The van der Waals surface area contributed by atoms with E-state index in [9.17, 15) is 13.2 Å². The normalized spacial score (nSPS) is 25.4. The van der Waals surface area contributed by atoms with Crippen LogP contribution in [0.1, 0.15) is 37.7 Å². The topological polar surface area (TPSA) is 63.2 Å². The molecule has 1 aliphatic carbocycles. The summed E-state index contributed by atoms with van der Waals surface area (Å²) in [6.45, 7) is 0.662. The maximum Gasteiger partial charge on any atom is 0.220 e. The molecular weight excluding hydrogens is 298 g/mol. The third-order valence-electron chi connectivity index (χ3n) is 5.12. The zero-order valence-electron chi connectivity index (χ0n) is 12.8. The van der Waals surface area contributed by atoms with Crippen LogP contribution < -0.4 is 5.32 Å². The average molecular weight is 321 g/mol. The van der Waals surface area contributed by atoms with Crippen LogP contribution in [0, 0.1) is 5.92 Å². The number of carbonyl (C=O) groups is 1. The van der Waals surface area contributed by atoms with Crippen molar-refractivity contribution in [3.8, 4) is 0 Å². The van der Waals surface area contributed by atoms with Crippen molar-refractivity contribution in [2.75, 3.05) is 18.1 Å². The lowest BCUT2D eigenvalue weighted by molar-refractivity contribution is -0.122. The molecule has 2 aliphatic rings. The van der Waals surface area contributed by atoms with Crippen LogP contribution in [0.2, 0.25) is 0 Å². The number of sulfone groups is 1. The molecule has 1 unspecified atom stereocenters. The maximum atomic E-state index is 12.1. The fourth-order valence-corrected chi connectivity index (χ4v) is 5.46. The number of benzene rings is 1. The van der Waals surface area contributed by atoms with Crippen LogP contribution in [0.5, 0.6) is 0 Å². The summed E-state index contributed by atoms with van der Waals surface area (Å²) in [6.07, 6.45) is 4.37. The van der Waals surface area contributed by atoms with Crippen LogP contribution in [-0.4, -0.2) is 32.4 Å². The molecule has 3 rings (SSSR count). The van der Waals surface area contributed by atoms with Crippen molar-refractivity contribution in [1.29, 1.82) is 0 Å². The highest BCUT2D eigenvalue weighted by atomic mass is 32.2. The lowest BCUT2D eigenvalue weighted by Crippen LogP contribution is -2.45. The molecule has 5 heteroatoms. The molecule has 1 aliphatic heterocycles. The maximum absolute atomic E-state index is 12.1. The van der Waals surface area contributed by atoms with Crippen LogP contribution in [0.3, 0.4) is 0 Å². The monoisotopic (exact) mass is 321 g/mol. The smallest absolute Gasteiger partial charge is 0.220 e. The molecule has 22 heavy (non-hydrogen) atoms. The number of nitrogens with one attached hydrogen (secondary N) is 1. The summed E-state index contributed by atoms with van der Waals surface area (Å²) < 4.78 is 22.9. The Hall–Kier alpha value is -1.36. The van der Waals surface area contributed by atoms with E-state index < -0.39 is 9.84 Å². The molecule has 1 aromatic carbocycles. The largest absolute Gasteiger partial charge is 0.355 e. The summed E-state index contributed by atoms with van der Waals surface area (Å²) in [5.41, 5.74) is 1.38. The van der Waals surface area contributed by atoms with Gasteiger partial charge in [0.2, 0.25) is 5.91 Å². The van der Waals surface area contributed by atoms with Gasteiger partial charge in [-0.2, -0.15) is 0 Å². The van der Waals surface area contributed by atoms with Gasteiger partial charge in [0.15, 0.2) is 9.84 Å². The number of carbonyl (C=O) groups excluding carboxylic acids is 1. The number of rotatable bonds is 5. The van der Waals surface area contributed by atoms with Gasteiger partial charge < -0.3 is 5.32 Å². The average Bonchev–Trinajstić information content (AvgIpc) is 2.78. The summed E-state index contributed by atoms with van der Waals surface area (Å²) in [5, 5.41) is 3.04. The van der Waals surface area contributed by atoms with Crippen molar-refractivity contribution in [2.24, 2.45) is 5.92 Å². The van der Waals surface area contributed by atoms with Gasteiger partial charge in [0.1, 0.15) is 0 Å². The molecule has 4 nitrogen and oxygen atoms in total. The summed E-state index contributed by atoms with van der Waals surface area (Å²) >= 11 is 0. The molecule has 1 heterocycles. The molecule has 0 bridgehead atoms. The highest BCUT2D eigenvalue weighted by Gasteiger charge is 2.39. The van der Waals surface area contributed by atoms with Crippen LogP contribution in [0.4, 0.5) is 0 Å². The zero-order chi connectivity index (χ0) is 15.6. The molecule has 120 valence electrons. The number of amides is 1. The Morgan fingerprint density at radius 2 is 1.95 bits per heavy atom. The summed E-state index contributed by atoms with van der Waals surface area (Å²) in [7, 11) is -2.90. The van der Waals surface area contributed by atoms with E-state index in [0.717, 1.165) is 12.8 Å². The second kappa shape index (κ2) is 6.03. The van der Waals surface area contributed by atoms with Gasteiger partial charge in [-0.15, -0.1) is 0 Å². The SMILES string of the molecule is O=C(CC1CCS(=O)(=O)C1)NCC1(c2ccccc2)CCC1. The lowest BCUT2D eigenvalue weighted by atomic mass is 9.64. The fourth-order valence-electron chi connectivity index (χ4n) is 3.60. The van der Waals surface area contributed by atoms with E-state index in [2.05, 4.69) is 17.4 Å². The third kappa shape index (κ3) is 3.35. The highest BCUT2D eigenvalue weighted by molar-refractivity contribution is 7.91. The van der Waals surface area contributed by atoms with E-state index in [1.165, 1.54) is 12.0 Å². The summed E-state index contributed by atoms with van der Waals surface area (Å²) in [4.78, 5) is 12.1. The molecule has 2 fully saturated rings. The lowest BCUT2D eigenvalue weighted by Gasteiger charge is -2.42. The van der Waals surface area contributed by atoms with Crippen LogP contribution in [-0.2, 0) is 20.0 Å². The molecule has 1 saturated heterocycles. The van der Waals surface area contributed by atoms with Crippen molar-refractivity contribution in [2.45, 2.75) is 37.5 Å². The standard InChI is InChI=1S/C17H23NO3S/c19-16(11-14-7-10-22(20,21)12-14)18-13-17(8-4-9-17)15-5-2-1-3-6-15/h1-3,5-6,14H,4,7-13H2,(H,18,19). The second-order valence-electron chi connectivity index (χ2n) is 6.75. The summed E-state index contributed by atoms with van der Waals surface area (Å²) in [6, 6.07) is 10.4. The minimum absolute atomic E-state index is 0.000865. The van der Waals surface area contributed by atoms with Crippen LogP contribution in [0.25, 0.3) is 0 Å². The Morgan fingerprint density at radius 3 is 2.50 bits per heavy atom. The van der Waals surface area contributed by atoms with Gasteiger partial charge in [0.25, 0.3) is 0 Å². The molecule has 1 aromatic rings. The van der Waals surface area contributed by atoms with E-state index >= 15 is 0 Å². The second-order valence-corrected chi connectivity index (χ2v) is 8.98. The minimum Gasteiger partial charge on any atom is -0.355 e. The molecule has 1 atom stereocenters. The van der Waals surface area contributed by atoms with Gasteiger partial charge in [0.05, 0.1) is 11.5 Å². The molecule has 1 N–H and O–H groups in total.